The molecule has 0 unspecified atom stereocenters. The van der Waals surface area contributed by atoms with Gasteiger partial charge in [0.05, 0.1) is 35.2 Å². The van der Waals surface area contributed by atoms with Gasteiger partial charge in [0, 0.05) is 94.3 Å². The van der Waals surface area contributed by atoms with Gasteiger partial charge in [0.2, 0.25) is 0 Å². The van der Waals surface area contributed by atoms with Crippen LogP contribution < -0.4 is 0 Å². The molecule has 0 rings (SSSR count). The van der Waals surface area contributed by atoms with E-state index in [2.05, 4.69) is 192 Å². The van der Waals surface area contributed by atoms with Crippen molar-refractivity contribution in [3.8, 4) is 0 Å². The van der Waals surface area contributed by atoms with Gasteiger partial charge in [-0.1, -0.05) is 192 Å². The first-order valence-electron chi connectivity index (χ1n) is 16.0. The van der Waals surface area contributed by atoms with Gasteiger partial charge < -0.3 is 0 Å². The average molecular weight is 1040 g/mol. The minimum absolute atomic E-state index is 0. The Hall–Kier alpha value is 3.84. The average Bonchev–Trinajstić information content (AvgIpc) is 2.61. The Bertz CT molecular complexity index is 502. The molecule has 0 fully saturated rings. The van der Waals surface area contributed by atoms with Crippen molar-refractivity contribution in [3.05, 3.63) is 0 Å². The van der Waals surface area contributed by atoms with Gasteiger partial charge in [0.1, 0.15) is 0 Å². The van der Waals surface area contributed by atoms with Gasteiger partial charge >= 0.3 is 0 Å². The molecule has 0 amide bonds. The van der Waals surface area contributed by atoms with Crippen LogP contribution in [0.25, 0.3) is 0 Å². The summed E-state index contributed by atoms with van der Waals surface area (Å²) >= 11 is 0. The molecule has 0 nitrogen and oxygen atoms in total. The fraction of sp³-hybridized carbons (Fsp3) is 1.00. The SMILES string of the molecule is C[Si](C(C)(C)C)C(C)(C)C.C[Si](C(C)(C)C)C(C)(C)C.C[Si](C(C)(C)C)C(C)(C)C.C[Si](C(C)(C)C)C(C)(C)C.[Ge].[Ge].[Ge].[Ge].[Sn]. The molecule has 0 saturated heterocycles. The second kappa shape index (κ2) is 25.8. The third kappa shape index (κ3) is 37.4. The Balaban J connectivity index is -0.0000000529. The maximum atomic E-state index is 2.44. The molecule has 0 saturated carbocycles. The zero-order chi connectivity index (χ0) is 34.3. The van der Waals surface area contributed by atoms with E-state index in [0.717, 1.165) is 0 Å². The van der Waals surface area contributed by atoms with Crippen LogP contribution in [0.3, 0.4) is 0 Å². The molecule has 45 heavy (non-hydrogen) atoms. The van der Waals surface area contributed by atoms with Crippen LogP contribution in [0.5, 0.6) is 0 Å². The molecular weight excluding hydrogens is 954 g/mol. The Morgan fingerprint density at radius 1 is 0.200 bits per heavy atom. The van der Waals surface area contributed by atoms with Gasteiger partial charge in [-0.15, -0.1) is 0 Å². The first-order chi connectivity index (χ1) is 16.6. The van der Waals surface area contributed by atoms with E-state index >= 15 is 0 Å². The van der Waals surface area contributed by atoms with E-state index in [4.69, 9.17) is 0 Å². The summed E-state index contributed by atoms with van der Waals surface area (Å²) in [6.07, 6.45) is 0. The van der Waals surface area contributed by atoms with Crippen LogP contribution in [0.4, 0.5) is 0 Å². The normalized spacial score (nSPS) is 12.8. The number of rotatable bonds is 0. The van der Waals surface area contributed by atoms with E-state index in [9.17, 15) is 0 Å². The molecule has 0 aliphatic carbocycles. The van der Waals surface area contributed by atoms with Crippen LogP contribution in [0.15, 0.2) is 0 Å². The van der Waals surface area contributed by atoms with Gasteiger partial charge in [-0.05, 0) is 40.3 Å². The summed E-state index contributed by atoms with van der Waals surface area (Å²) in [4.78, 5) is 0. The Morgan fingerprint density at radius 3 is 0.244 bits per heavy atom. The van der Waals surface area contributed by atoms with Crippen molar-refractivity contribution in [2.75, 3.05) is 0 Å². The van der Waals surface area contributed by atoms with Gasteiger partial charge in [-0.3, -0.25) is 0 Å². The van der Waals surface area contributed by atoms with Crippen molar-refractivity contribution in [1.82, 2.24) is 0 Å². The minimum Gasteiger partial charge on any atom is -0.0703 e. The van der Waals surface area contributed by atoms with Crippen LogP contribution in [0, 0.1) is 0 Å². The fourth-order valence-corrected chi connectivity index (χ4v) is 13.5. The van der Waals surface area contributed by atoms with Gasteiger partial charge in [0.15, 0.2) is 0 Å². The fourth-order valence-electron chi connectivity index (χ4n) is 4.50. The first-order valence-corrected chi connectivity index (χ1v) is 24.0. The van der Waals surface area contributed by atoms with Crippen molar-refractivity contribution in [2.45, 2.75) is 233 Å². The summed E-state index contributed by atoms with van der Waals surface area (Å²) in [6, 6.07) is 0. The zero-order valence-corrected chi connectivity index (χ0v) is 51.7. The van der Waals surface area contributed by atoms with Gasteiger partial charge in [0.25, 0.3) is 0 Å². The summed E-state index contributed by atoms with van der Waals surface area (Å²) in [7, 11) is -0.883. The maximum absolute atomic E-state index is 2.44. The molecule has 0 aromatic carbocycles. The standard InChI is InChI=1S/4C9H21Si.4Ge.Sn/c4*1-8(2,3)10(7)9(4,5)6;;;;;/h4*1-7H3;;;;;. The zero-order valence-electron chi connectivity index (χ0n) is 36.5. The molecule has 24 radical (unpaired) electrons. The smallest absolute Gasteiger partial charge is 0.0561 e. The summed E-state index contributed by atoms with van der Waals surface area (Å²) in [5, 5.41) is 4.36. The van der Waals surface area contributed by atoms with E-state index < -0.39 is 0 Å². The van der Waals surface area contributed by atoms with E-state index in [0.29, 0.717) is 40.3 Å². The number of hydrogen-bond acceptors (Lipinski definition) is 0. The molecule has 9 heteroatoms. The van der Waals surface area contributed by atoms with Crippen LogP contribution >= 0.6 is 0 Å². The molecule has 0 aromatic heterocycles. The predicted molar refractivity (Wildman–Crippen MR) is 233 cm³/mol. The molecule has 0 atom stereocenters. The summed E-state index contributed by atoms with van der Waals surface area (Å²) in [6.45, 7) is 66.2. The summed E-state index contributed by atoms with van der Waals surface area (Å²) < 4.78 is 0. The number of hydrogen-bond donors (Lipinski definition) is 0. The van der Waals surface area contributed by atoms with Crippen molar-refractivity contribution in [2.24, 2.45) is 0 Å². The van der Waals surface area contributed by atoms with Crippen LogP contribution in [0.1, 0.15) is 166 Å². The first kappa shape index (κ1) is 70.4. The van der Waals surface area contributed by atoms with Crippen molar-refractivity contribution < 1.29 is 0 Å². The van der Waals surface area contributed by atoms with E-state index in [-0.39, 0.29) is 129 Å². The molecule has 0 aliphatic rings. The maximum Gasteiger partial charge on any atom is 0.0561 e. The van der Waals surface area contributed by atoms with Crippen molar-refractivity contribution in [3.63, 3.8) is 0 Å². The van der Waals surface area contributed by atoms with Crippen molar-refractivity contribution >= 4 is 129 Å². The van der Waals surface area contributed by atoms with E-state index in [1.54, 1.807) is 0 Å². The molecule has 264 valence electrons. The minimum atomic E-state index is -0.221. The molecule has 0 spiro atoms. The van der Waals surface area contributed by atoms with Gasteiger partial charge in [-0.2, -0.15) is 0 Å². The van der Waals surface area contributed by atoms with E-state index in [1.165, 1.54) is 0 Å². The van der Waals surface area contributed by atoms with Gasteiger partial charge in [-0.25, -0.2) is 0 Å². The Morgan fingerprint density at radius 2 is 0.244 bits per heavy atom. The molecule has 0 N–H and O–H groups in total. The predicted octanol–water partition coefficient (Wildman–Crippen LogP) is 12.9. The molecular formula is C36H84Ge4Si4Sn. The Labute approximate surface area is 358 Å². The summed E-state index contributed by atoms with van der Waals surface area (Å²) in [5.74, 6) is 0. The largest absolute Gasteiger partial charge is 0.0703 e. The van der Waals surface area contributed by atoms with Crippen LogP contribution in [-0.4, -0.2) is 129 Å². The van der Waals surface area contributed by atoms with Crippen LogP contribution in [0.2, 0.25) is 66.5 Å². The van der Waals surface area contributed by atoms with Crippen molar-refractivity contribution in [1.29, 1.82) is 0 Å². The third-order valence-corrected chi connectivity index (χ3v) is 27.0. The Kier molecular flexibility index (Phi) is 40.3. The topological polar surface area (TPSA) is 0 Å². The van der Waals surface area contributed by atoms with E-state index in [1.807, 2.05) is 0 Å². The third-order valence-electron chi connectivity index (χ3n) is 9.00. The second-order valence-electron chi connectivity index (χ2n) is 20.5. The molecule has 0 aliphatic heterocycles. The van der Waals surface area contributed by atoms with Crippen LogP contribution in [-0.2, 0) is 0 Å². The summed E-state index contributed by atoms with van der Waals surface area (Å²) in [5.41, 5.74) is 0. The molecule has 0 heterocycles. The second-order valence-corrected chi connectivity index (χ2v) is 37.5. The molecule has 0 bridgehead atoms. The monoisotopic (exact) mass is 1040 g/mol. The quantitative estimate of drug-likeness (QED) is 0.212. The molecule has 0 aromatic rings.